The van der Waals surface area contributed by atoms with E-state index in [1.54, 1.807) is 4.90 Å². The molecule has 0 radical (unpaired) electrons. The second kappa shape index (κ2) is 4.57. The van der Waals surface area contributed by atoms with E-state index in [4.69, 9.17) is 0 Å². The van der Waals surface area contributed by atoms with Crippen LogP contribution in [0.3, 0.4) is 0 Å². The zero-order valence-electron chi connectivity index (χ0n) is 10.5. The minimum atomic E-state index is -0.0662. The first-order valence-electron chi connectivity index (χ1n) is 6.06. The SMILES string of the molecule is CC(=O)N(c1ccccc1)c1n[nH]c2ccccc12. The van der Waals surface area contributed by atoms with Crippen molar-refractivity contribution in [3.8, 4) is 0 Å². The number of hydrogen-bond acceptors (Lipinski definition) is 2. The van der Waals surface area contributed by atoms with E-state index in [0.717, 1.165) is 16.6 Å². The van der Waals surface area contributed by atoms with Gasteiger partial charge in [0, 0.05) is 12.3 Å². The van der Waals surface area contributed by atoms with E-state index >= 15 is 0 Å². The molecule has 0 bridgehead atoms. The number of anilines is 2. The molecule has 94 valence electrons. The van der Waals surface area contributed by atoms with E-state index in [9.17, 15) is 4.79 Å². The van der Waals surface area contributed by atoms with E-state index in [-0.39, 0.29) is 5.91 Å². The molecule has 4 heteroatoms. The minimum absolute atomic E-state index is 0.0662. The number of rotatable bonds is 2. The molecule has 3 rings (SSSR count). The lowest BCUT2D eigenvalue weighted by atomic mass is 10.2. The van der Waals surface area contributed by atoms with Gasteiger partial charge in [-0.1, -0.05) is 30.3 Å². The van der Waals surface area contributed by atoms with Crippen LogP contribution in [-0.4, -0.2) is 16.1 Å². The average Bonchev–Trinajstić information content (AvgIpc) is 2.84. The summed E-state index contributed by atoms with van der Waals surface area (Å²) in [5, 5.41) is 8.15. The molecule has 0 spiro atoms. The molecular weight excluding hydrogens is 238 g/mol. The molecule has 3 aromatic rings. The number of carbonyl (C=O) groups excluding carboxylic acids is 1. The van der Waals surface area contributed by atoms with Crippen LogP contribution in [0.2, 0.25) is 0 Å². The van der Waals surface area contributed by atoms with Crippen molar-refractivity contribution in [1.82, 2.24) is 10.2 Å². The van der Waals surface area contributed by atoms with Crippen molar-refractivity contribution in [2.24, 2.45) is 0 Å². The first-order valence-corrected chi connectivity index (χ1v) is 6.06. The number of aromatic nitrogens is 2. The van der Waals surface area contributed by atoms with Crippen molar-refractivity contribution in [2.75, 3.05) is 4.90 Å². The van der Waals surface area contributed by atoms with Crippen LogP contribution in [0.5, 0.6) is 0 Å². The number of amides is 1. The Morgan fingerprint density at radius 1 is 1.05 bits per heavy atom. The molecule has 1 N–H and O–H groups in total. The number of fused-ring (bicyclic) bond motifs is 1. The molecule has 0 aliphatic rings. The lowest BCUT2D eigenvalue weighted by Gasteiger charge is -2.18. The fraction of sp³-hybridized carbons (Fsp3) is 0.0667. The number of H-pyrrole nitrogens is 1. The van der Waals surface area contributed by atoms with Gasteiger partial charge >= 0.3 is 0 Å². The zero-order valence-corrected chi connectivity index (χ0v) is 10.5. The molecule has 0 fully saturated rings. The maximum atomic E-state index is 12.0. The van der Waals surface area contributed by atoms with Crippen LogP contribution in [0.25, 0.3) is 10.9 Å². The maximum absolute atomic E-state index is 12.0. The van der Waals surface area contributed by atoms with Gasteiger partial charge in [-0.3, -0.25) is 14.8 Å². The minimum Gasteiger partial charge on any atom is -0.276 e. The second-order valence-corrected chi connectivity index (χ2v) is 4.28. The third kappa shape index (κ3) is 1.97. The van der Waals surface area contributed by atoms with Crippen LogP contribution in [0, 0.1) is 0 Å². The van der Waals surface area contributed by atoms with Crippen molar-refractivity contribution < 1.29 is 4.79 Å². The van der Waals surface area contributed by atoms with Gasteiger partial charge in [-0.2, -0.15) is 5.10 Å². The lowest BCUT2D eigenvalue weighted by Crippen LogP contribution is -2.23. The van der Waals surface area contributed by atoms with Crippen molar-refractivity contribution in [3.05, 3.63) is 54.6 Å². The number of nitrogens with one attached hydrogen (secondary N) is 1. The molecule has 0 saturated heterocycles. The lowest BCUT2D eigenvalue weighted by molar-refractivity contribution is -0.115. The van der Waals surface area contributed by atoms with Crippen molar-refractivity contribution >= 4 is 28.3 Å². The first kappa shape index (κ1) is 11.5. The van der Waals surface area contributed by atoms with Gasteiger partial charge in [0.15, 0.2) is 5.82 Å². The summed E-state index contributed by atoms with van der Waals surface area (Å²) < 4.78 is 0. The fourth-order valence-electron chi connectivity index (χ4n) is 2.15. The Morgan fingerprint density at radius 3 is 2.47 bits per heavy atom. The van der Waals surface area contributed by atoms with Gasteiger partial charge in [-0.05, 0) is 24.3 Å². The van der Waals surface area contributed by atoms with Gasteiger partial charge in [-0.25, -0.2) is 0 Å². The standard InChI is InChI=1S/C15H13N3O/c1-11(19)18(12-7-3-2-4-8-12)15-13-9-5-6-10-14(13)16-17-15/h2-10H,1H3,(H,16,17). The molecule has 4 nitrogen and oxygen atoms in total. The Bertz CT molecular complexity index is 718. The fourth-order valence-corrected chi connectivity index (χ4v) is 2.15. The van der Waals surface area contributed by atoms with E-state index in [2.05, 4.69) is 10.2 Å². The van der Waals surface area contributed by atoms with E-state index in [1.807, 2.05) is 54.6 Å². The van der Waals surface area contributed by atoms with Gasteiger partial charge in [0.25, 0.3) is 0 Å². The largest absolute Gasteiger partial charge is 0.276 e. The van der Waals surface area contributed by atoms with Crippen molar-refractivity contribution in [3.63, 3.8) is 0 Å². The summed E-state index contributed by atoms with van der Waals surface area (Å²) in [6.45, 7) is 1.54. The Morgan fingerprint density at radius 2 is 1.74 bits per heavy atom. The highest BCUT2D eigenvalue weighted by Crippen LogP contribution is 2.29. The Kier molecular flexibility index (Phi) is 2.76. The number of para-hydroxylation sites is 2. The molecular formula is C15H13N3O. The number of nitrogens with zero attached hydrogens (tertiary/aromatic N) is 2. The summed E-state index contributed by atoms with van der Waals surface area (Å²) in [6, 6.07) is 17.3. The molecule has 1 amide bonds. The smallest absolute Gasteiger partial charge is 0.229 e. The summed E-state index contributed by atoms with van der Waals surface area (Å²) in [7, 11) is 0. The predicted octanol–water partition coefficient (Wildman–Crippen LogP) is 3.25. The van der Waals surface area contributed by atoms with E-state index in [0.29, 0.717) is 5.82 Å². The highest BCUT2D eigenvalue weighted by molar-refractivity contribution is 6.05. The van der Waals surface area contributed by atoms with Gasteiger partial charge in [0.2, 0.25) is 5.91 Å². The van der Waals surface area contributed by atoms with Crippen LogP contribution < -0.4 is 4.90 Å². The van der Waals surface area contributed by atoms with Gasteiger partial charge in [-0.15, -0.1) is 0 Å². The number of benzene rings is 2. The highest BCUT2D eigenvalue weighted by atomic mass is 16.2. The predicted molar refractivity (Wildman–Crippen MR) is 75.4 cm³/mol. The Balaban J connectivity index is 2.18. The molecule has 0 aliphatic carbocycles. The zero-order chi connectivity index (χ0) is 13.2. The van der Waals surface area contributed by atoms with Crippen LogP contribution in [0.1, 0.15) is 6.92 Å². The van der Waals surface area contributed by atoms with E-state index < -0.39 is 0 Å². The monoisotopic (exact) mass is 251 g/mol. The normalized spacial score (nSPS) is 10.6. The van der Waals surface area contributed by atoms with Crippen LogP contribution >= 0.6 is 0 Å². The van der Waals surface area contributed by atoms with Gasteiger partial charge in [0.05, 0.1) is 11.2 Å². The molecule has 0 atom stereocenters. The van der Waals surface area contributed by atoms with Crippen LogP contribution in [0.4, 0.5) is 11.5 Å². The van der Waals surface area contributed by atoms with Crippen LogP contribution in [-0.2, 0) is 4.79 Å². The Hall–Kier alpha value is -2.62. The second-order valence-electron chi connectivity index (χ2n) is 4.28. The summed E-state index contributed by atoms with van der Waals surface area (Å²) >= 11 is 0. The number of aromatic amines is 1. The molecule has 1 aromatic heterocycles. The number of hydrogen-bond donors (Lipinski definition) is 1. The summed E-state index contributed by atoms with van der Waals surface area (Å²) in [5.41, 5.74) is 1.73. The third-order valence-corrected chi connectivity index (χ3v) is 2.99. The molecule has 0 aliphatic heterocycles. The molecule has 1 heterocycles. The van der Waals surface area contributed by atoms with Crippen molar-refractivity contribution in [2.45, 2.75) is 6.92 Å². The van der Waals surface area contributed by atoms with Crippen molar-refractivity contribution in [1.29, 1.82) is 0 Å². The molecule has 2 aromatic carbocycles. The van der Waals surface area contributed by atoms with Gasteiger partial charge in [0.1, 0.15) is 0 Å². The first-order chi connectivity index (χ1) is 9.27. The topological polar surface area (TPSA) is 49.0 Å². The maximum Gasteiger partial charge on any atom is 0.229 e. The summed E-state index contributed by atoms with van der Waals surface area (Å²) in [6.07, 6.45) is 0. The quantitative estimate of drug-likeness (QED) is 0.760. The number of carbonyl (C=O) groups is 1. The summed E-state index contributed by atoms with van der Waals surface area (Å²) in [4.78, 5) is 13.6. The average molecular weight is 251 g/mol. The summed E-state index contributed by atoms with van der Waals surface area (Å²) in [5.74, 6) is 0.567. The van der Waals surface area contributed by atoms with Crippen LogP contribution in [0.15, 0.2) is 54.6 Å². The Labute approximate surface area is 110 Å². The van der Waals surface area contributed by atoms with E-state index in [1.165, 1.54) is 6.92 Å². The molecule has 19 heavy (non-hydrogen) atoms. The highest BCUT2D eigenvalue weighted by Gasteiger charge is 2.18. The third-order valence-electron chi connectivity index (χ3n) is 2.99. The molecule has 0 saturated carbocycles. The van der Waals surface area contributed by atoms with Gasteiger partial charge < -0.3 is 0 Å². The molecule has 0 unspecified atom stereocenters.